The number of nitrogens with zero attached hydrogens (tertiary/aromatic N) is 2. The quantitative estimate of drug-likeness (QED) is 0.153. The van der Waals surface area contributed by atoms with Gasteiger partial charge in [-0.05, 0) is 123 Å². The average Bonchev–Trinajstić information content (AvgIpc) is 3.90. The molecule has 0 amide bonds. The summed E-state index contributed by atoms with van der Waals surface area (Å²) in [4.78, 5) is 2.32. The Hall–Kier alpha value is -8.40. The minimum Gasteiger partial charge on any atom is -0.456 e. The molecule has 0 saturated carbocycles. The summed E-state index contributed by atoms with van der Waals surface area (Å²) in [6.07, 6.45) is 0. The molecule has 2 aromatic heterocycles. The summed E-state index contributed by atoms with van der Waals surface area (Å²) in [6.45, 7) is 0. The van der Waals surface area contributed by atoms with Gasteiger partial charge in [0, 0.05) is 50.4 Å². The number of hydrogen-bond donors (Lipinski definition) is 0. The molecule has 12 aromatic rings. The Balaban J connectivity index is 0.940. The Bertz CT molecular complexity index is 3590. The summed E-state index contributed by atoms with van der Waals surface area (Å²) in [5.74, 6) is 0. The van der Waals surface area contributed by atoms with Gasteiger partial charge < -0.3 is 13.9 Å². The first-order valence-corrected chi connectivity index (χ1v) is 21.5. The molecule has 12 rings (SSSR count). The molecule has 0 radical (unpaired) electrons. The molecule has 0 saturated heterocycles. The summed E-state index contributed by atoms with van der Waals surface area (Å²) in [7, 11) is 0. The van der Waals surface area contributed by atoms with Crippen LogP contribution in [0, 0.1) is 0 Å². The number of benzene rings is 10. The summed E-state index contributed by atoms with van der Waals surface area (Å²) < 4.78 is 8.79. The minimum absolute atomic E-state index is 0.863. The van der Waals surface area contributed by atoms with Crippen LogP contribution in [0.3, 0.4) is 0 Å². The van der Waals surface area contributed by atoms with Crippen LogP contribution in [0.1, 0.15) is 0 Å². The topological polar surface area (TPSA) is 21.3 Å². The molecule has 0 N–H and O–H groups in total. The van der Waals surface area contributed by atoms with Crippen molar-refractivity contribution in [3.8, 4) is 50.2 Å². The smallest absolute Gasteiger partial charge is 0.137 e. The molecule has 0 bridgehead atoms. The number of rotatable bonds is 8. The van der Waals surface area contributed by atoms with Gasteiger partial charge in [0.25, 0.3) is 0 Å². The van der Waals surface area contributed by atoms with Crippen molar-refractivity contribution in [3.05, 3.63) is 243 Å². The van der Waals surface area contributed by atoms with Crippen LogP contribution in [0.5, 0.6) is 0 Å². The average molecular weight is 805 g/mol. The number of fused-ring (bicyclic) bond motifs is 6. The highest BCUT2D eigenvalue weighted by molar-refractivity contribution is 6.10. The number of hydrogen-bond acceptors (Lipinski definition) is 2. The van der Waals surface area contributed by atoms with E-state index in [9.17, 15) is 0 Å². The molecule has 0 aliphatic carbocycles. The number of aromatic nitrogens is 1. The lowest BCUT2D eigenvalue weighted by atomic mass is 9.91. The van der Waals surface area contributed by atoms with E-state index in [2.05, 4.69) is 240 Å². The Morgan fingerprint density at radius 2 is 0.794 bits per heavy atom. The van der Waals surface area contributed by atoms with Gasteiger partial charge in [-0.15, -0.1) is 0 Å². The van der Waals surface area contributed by atoms with Gasteiger partial charge in [0.2, 0.25) is 0 Å². The summed E-state index contributed by atoms with van der Waals surface area (Å²) >= 11 is 0. The molecule has 0 spiro atoms. The standard InChI is InChI=1S/C60H40N2O/c1-4-14-43(15-5-1)51-35-28-45(38-55(51)44-16-6-2-7-17-44)41-24-30-48(31-25-41)61(50-34-36-54-53-21-11-13-23-59(53)63-60(54)40-50)49-32-26-42(27-33-49)46-29-37-58-56(39-46)52-20-10-12-22-57(52)62(58)47-18-8-3-9-19-47/h1-40H. The third-order valence-electron chi connectivity index (χ3n) is 12.4. The molecule has 0 fully saturated rings. The van der Waals surface area contributed by atoms with Crippen LogP contribution >= 0.6 is 0 Å². The fourth-order valence-corrected chi connectivity index (χ4v) is 9.36. The maximum atomic E-state index is 6.43. The van der Waals surface area contributed by atoms with Crippen molar-refractivity contribution >= 4 is 60.8 Å². The fourth-order valence-electron chi connectivity index (χ4n) is 9.36. The zero-order valence-corrected chi connectivity index (χ0v) is 34.4. The van der Waals surface area contributed by atoms with Crippen molar-refractivity contribution in [2.75, 3.05) is 4.90 Å². The van der Waals surface area contributed by atoms with E-state index in [0.29, 0.717) is 0 Å². The van der Waals surface area contributed by atoms with Gasteiger partial charge in [0.15, 0.2) is 0 Å². The van der Waals surface area contributed by atoms with Gasteiger partial charge >= 0.3 is 0 Å². The lowest BCUT2D eigenvalue weighted by Gasteiger charge is -2.26. The third-order valence-corrected chi connectivity index (χ3v) is 12.4. The monoisotopic (exact) mass is 804 g/mol. The molecule has 0 aliphatic rings. The molecule has 2 heterocycles. The maximum Gasteiger partial charge on any atom is 0.137 e. The summed E-state index contributed by atoms with van der Waals surface area (Å²) in [5, 5.41) is 4.71. The minimum atomic E-state index is 0.863. The van der Waals surface area contributed by atoms with Gasteiger partial charge in [-0.25, -0.2) is 0 Å². The molecule has 3 heteroatoms. The normalized spacial score (nSPS) is 11.5. The van der Waals surface area contributed by atoms with Crippen molar-refractivity contribution in [1.82, 2.24) is 4.57 Å². The van der Waals surface area contributed by atoms with Crippen LogP contribution in [0.2, 0.25) is 0 Å². The maximum absolute atomic E-state index is 6.43. The lowest BCUT2D eigenvalue weighted by Crippen LogP contribution is -2.09. The molecule has 63 heavy (non-hydrogen) atoms. The van der Waals surface area contributed by atoms with Crippen molar-refractivity contribution in [2.24, 2.45) is 0 Å². The van der Waals surface area contributed by atoms with Gasteiger partial charge in [0.05, 0.1) is 11.0 Å². The Morgan fingerprint density at radius 3 is 1.49 bits per heavy atom. The van der Waals surface area contributed by atoms with Gasteiger partial charge in [-0.2, -0.15) is 0 Å². The fraction of sp³-hybridized carbons (Fsp3) is 0. The van der Waals surface area contributed by atoms with E-state index in [0.717, 1.165) is 55.8 Å². The highest BCUT2D eigenvalue weighted by Gasteiger charge is 2.18. The molecular weight excluding hydrogens is 765 g/mol. The SMILES string of the molecule is c1ccc(-c2ccc(-c3ccc(N(c4ccc(-c5ccc6c(c5)c5ccccc5n6-c5ccccc5)cc4)c4ccc5c(c4)oc4ccccc45)cc3)cc2-c2ccccc2)cc1. The predicted octanol–water partition coefficient (Wildman–Crippen LogP) is 16.8. The first-order valence-electron chi connectivity index (χ1n) is 21.5. The molecular formula is C60H40N2O. The van der Waals surface area contributed by atoms with Gasteiger partial charge in [-0.1, -0.05) is 158 Å². The van der Waals surface area contributed by atoms with Crippen LogP contribution < -0.4 is 4.90 Å². The first-order chi connectivity index (χ1) is 31.2. The van der Waals surface area contributed by atoms with Crippen LogP contribution in [-0.2, 0) is 0 Å². The molecule has 0 atom stereocenters. The van der Waals surface area contributed by atoms with E-state index < -0.39 is 0 Å². The predicted molar refractivity (Wildman–Crippen MR) is 264 cm³/mol. The zero-order valence-electron chi connectivity index (χ0n) is 34.4. The van der Waals surface area contributed by atoms with E-state index in [-0.39, 0.29) is 0 Å². The van der Waals surface area contributed by atoms with Crippen molar-refractivity contribution in [2.45, 2.75) is 0 Å². The van der Waals surface area contributed by atoms with E-state index >= 15 is 0 Å². The summed E-state index contributed by atoms with van der Waals surface area (Å²) in [5.41, 5.74) is 18.0. The van der Waals surface area contributed by atoms with Gasteiger partial charge in [0.1, 0.15) is 11.2 Å². The third kappa shape index (κ3) is 6.46. The van der Waals surface area contributed by atoms with E-state index in [4.69, 9.17) is 4.42 Å². The second kappa shape index (κ2) is 15.3. The molecule has 3 nitrogen and oxygen atoms in total. The largest absolute Gasteiger partial charge is 0.456 e. The van der Waals surface area contributed by atoms with Crippen LogP contribution in [0.25, 0.3) is 93.9 Å². The highest BCUT2D eigenvalue weighted by Crippen LogP contribution is 2.42. The molecule has 296 valence electrons. The second-order valence-corrected chi connectivity index (χ2v) is 16.1. The lowest BCUT2D eigenvalue weighted by molar-refractivity contribution is 0.669. The van der Waals surface area contributed by atoms with Crippen LogP contribution in [0.15, 0.2) is 247 Å². The second-order valence-electron chi connectivity index (χ2n) is 16.1. The van der Waals surface area contributed by atoms with Crippen LogP contribution in [0.4, 0.5) is 17.1 Å². The van der Waals surface area contributed by atoms with Crippen molar-refractivity contribution in [1.29, 1.82) is 0 Å². The zero-order chi connectivity index (χ0) is 41.7. The highest BCUT2D eigenvalue weighted by atomic mass is 16.3. The van der Waals surface area contributed by atoms with Crippen LogP contribution in [-0.4, -0.2) is 4.57 Å². The van der Waals surface area contributed by atoms with Crippen molar-refractivity contribution < 1.29 is 4.42 Å². The van der Waals surface area contributed by atoms with Gasteiger partial charge in [-0.3, -0.25) is 0 Å². The first kappa shape index (κ1) is 36.5. The Labute approximate surface area is 366 Å². The van der Waals surface area contributed by atoms with E-state index in [1.807, 2.05) is 12.1 Å². The number of furan rings is 1. The van der Waals surface area contributed by atoms with E-state index in [1.165, 1.54) is 55.2 Å². The van der Waals surface area contributed by atoms with Crippen molar-refractivity contribution in [3.63, 3.8) is 0 Å². The summed E-state index contributed by atoms with van der Waals surface area (Å²) in [6, 6.07) is 87.1. The molecule has 0 aliphatic heterocycles. The Kier molecular flexibility index (Phi) is 8.83. The Morgan fingerprint density at radius 1 is 0.286 bits per heavy atom. The molecule has 0 unspecified atom stereocenters. The number of anilines is 3. The number of para-hydroxylation sites is 3. The van der Waals surface area contributed by atoms with E-state index in [1.54, 1.807) is 0 Å². The molecule has 10 aromatic carbocycles.